The first kappa shape index (κ1) is 24.8. The summed E-state index contributed by atoms with van der Waals surface area (Å²) in [6, 6.07) is 41.1. The van der Waals surface area contributed by atoms with Gasteiger partial charge in [0.1, 0.15) is 5.82 Å². The van der Waals surface area contributed by atoms with E-state index in [1.54, 1.807) is 0 Å². The van der Waals surface area contributed by atoms with E-state index in [0.717, 1.165) is 40.0 Å². The van der Waals surface area contributed by atoms with E-state index < -0.39 is 0 Å². The molecular weight excluding hydrogens is 496 g/mol. The molecule has 0 fully saturated rings. The maximum absolute atomic E-state index is 5.07. The summed E-state index contributed by atoms with van der Waals surface area (Å²) in [5.41, 5.74) is 9.00. The maximum Gasteiger partial charge on any atom is 0.140 e. The Morgan fingerprint density at radius 3 is 2.24 bits per heavy atom. The Bertz CT molecular complexity index is 2140. The topological polar surface area (TPSA) is 17.8 Å². The Balaban J connectivity index is 1.51. The van der Waals surface area contributed by atoms with Gasteiger partial charge in [0.2, 0.25) is 0 Å². The van der Waals surface area contributed by atoms with Crippen LogP contribution in [0.5, 0.6) is 0 Å². The minimum atomic E-state index is 0.808. The second-order valence-corrected chi connectivity index (χ2v) is 10.5. The van der Waals surface area contributed by atoms with Gasteiger partial charge in [0, 0.05) is 12.6 Å². The van der Waals surface area contributed by atoms with E-state index in [9.17, 15) is 0 Å². The molecule has 1 aliphatic carbocycles. The van der Waals surface area contributed by atoms with Crippen molar-refractivity contribution in [2.45, 2.75) is 6.42 Å². The minimum Gasteiger partial charge on any atom is -0.327 e. The van der Waals surface area contributed by atoms with Gasteiger partial charge in [-0.25, -0.2) is 4.98 Å². The van der Waals surface area contributed by atoms with Crippen LogP contribution in [0.15, 0.2) is 152 Å². The first-order valence-corrected chi connectivity index (χ1v) is 14.0. The summed E-state index contributed by atoms with van der Waals surface area (Å²) in [7, 11) is 2.09. The Labute approximate surface area is 240 Å². The largest absolute Gasteiger partial charge is 0.327 e. The summed E-state index contributed by atoms with van der Waals surface area (Å²) < 4.78 is 2.18. The Morgan fingerprint density at radius 1 is 0.659 bits per heavy atom. The van der Waals surface area contributed by atoms with Crippen LogP contribution in [0.2, 0.25) is 0 Å². The molecule has 196 valence electrons. The van der Waals surface area contributed by atoms with Gasteiger partial charge in [-0.2, -0.15) is 0 Å². The van der Waals surface area contributed by atoms with Crippen molar-refractivity contribution in [3.8, 4) is 11.4 Å². The smallest absolute Gasteiger partial charge is 0.140 e. The number of allylic oxidation sites excluding steroid dienone is 5. The van der Waals surface area contributed by atoms with Crippen molar-refractivity contribution in [3.63, 3.8) is 0 Å². The summed E-state index contributed by atoms with van der Waals surface area (Å²) in [6.45, 7) is 4.53. The number of aromatic nitrogens is 2. The van der Waals surface area contributed by atoms with Gasteiger partial charge in [-0.3, -0.25) is 0 Å². The molecular formula is C39H30N2. The van der Waals surface area contributed by atoms with Gasteiger partial charge in [-0.15, -0.1) is 0 Å². The molecule has 0 amide bonds. The molecule has 0 bridgehead atoms. The lowest BCUT2D eigenvalue weighted by atomic mass is 9.90. The molecule has 1 aromatic heterocycles. The van der Waals surface area contributed by atoms with Crippen LogP contribution < -0.4 is 10.4 Å². The SMILES string of the molecule is C=C1/C=C\C=C/C/C(c2ccc3c(c2)nc(-c2ccccc2)n3C)=c2/cccc/c2=C/1c1ccc2ccccc2c1. The number of imidazole rings is 1. The van der Waals surface area contributed by atoms with Gasteiger partial charge in [0.25, 0.3) is 0 Å². The average molecular weight is 527 g/mol. The lowest BCUT2D eigenvalue weighted by Gasteiger charge is -2.14. The molecule has 7 rings (SSSR count). The van der Waals surface area contributed by atoms with Gasteiger partial charge in [0.05, 0.1) is 11.0 Å². The number of nitrogens with zero attached hydrogens (tertiary/aromatic N) is 2. The Morgan fingerprint density at radius 2 is 1.39 bits per heavy atom. The molecule has 0 N–H and O–H groups in total. The van der Waals surface area contributed by atoms with Crippen LogP contribution in [0.4, 0.5) is 0 Å². The highest BCUT2D eigenvalue weighted by atomic mass is 15.1. The first-order chi connectivity index (χ1) is 20.2. The number of benzene rings is 5. The van der Waals surface area contributed by atoms with E-state index in [-0.39, 0.29) is 0 Å². The molecule has 0 spiro atoms. The van der Waals surface area contributed by atoms with Crippen molar-refractivity contribution in [3.05, 3.63) is 173 Å². The predicted octanol–water partition coefficient (Wildman–Crippen LogP) is 7.86. The predicted molar refractivity (Wildman–Crippen MR) is 173 cm³/mol. The van der Waals surface area contributed by atoms with E-state index in [0.29, 0.717) is 0 Å². The molecule has 0 saturated carbocycles. The van der Waals surface area contributed by atoms with Crippen molar-refractivity contribution in [1.82, 2.24) is 9.55 Å². The fraction of sp³-hybridized carbons (Fsp3) is 0.0513. The van der Waals surface area contributed by atoms with E-state index in [4.69, 9.17) is 4.98 Å². The molecule has 2 nitrogen and oxygen atoms in total. The number of aryl methyl sites for hydroxylation is 1. The lowest BCUT2D eigenvalue weighted by molar-refractivity contribution is 0.959. The number of hydrogen-bond acceptors (Lipinski definition) is 1. The van der Waals surface area contributed by atoms with E-state index in [2.05, 4.69) is 152 Å². The van der Waals surface area contributed by atoms with Crippen molar-refractivity contribution in [1.29, 1.82) is 0 Å². The third-order valence-corrected chi connectivity index (χ3v) is 8.01. The Hall–Kier alpha value is -5.21. The third-order valence-electron chi connectivity index (χ3n) is 8.01. The second kappa shape index (κ2) is 10.4. The van der Waals surface area contributed by atoms with Crippen molar-refractivity contribution < 1.29 is 0 Å². The molecule has 0 saturated heterocycles. The molecule has 0 unspecified atom stereocenters. The highest BCUT2D eigenvalue weighted by Gasteiger charge is 2.14. The molecule has 0 aliphatic heterocycles. The van der Waals surface area contributed by atoms with Gasteiger partial charge in [-0.05, 0) is 73.7 Å². The first-order valence-electron chi connectivity index (χ1n) is 14.0. The van der Waals surface area contributed by atoms with Crippen LogP contribution >= 0.6 is 0 Å². The van der Waals surface area contributed by atoms with E-state index in [1.807, 2.05) is 6.07 Å². The fourth-order valence-electron chi connectivity index (χ4n) is 5.96. The minimum absolute atomic E-state index is 0.808. The number of rotatable bonds is 3. The van der Waals surface area contributed by atoms with Crippen LogP contribution in [-0.2, 0) is 7.05 Å². The van der Waals surface area contributed by atoms with Crippen molar-refractivity contribution in [2.24, 2.45) is 7.05 Å². The summed E-state index contributed by atoms with van der Waals surface area (Å²) in [5, 5.41) is 4.87. The standard InChI is InChI=1S/C39H30N2/c1-27-13-5-3-8-18-33(31-23-24-37-36(26-31)40-39(41(37)2)29-15-6-4-7-16-29)34-19-11-12-20-35(34)38(27)32-22-21-28-14-9-10-17-30(28)25-32/h3-17,19-26H,1,18H2,2H3/b8-3-,13-5-,34-33+,38-35+. The van der Waals surface area contributed by atoms with Crippen LogP contribution in [0.25, 0.3) is 44.3 Å². The highest BCUT2D eigenvalue weighted by Crippen LogP contribution is 2.28. The molecule has 1 heterocycles. The van der Waals surface area contributed by atoms with Gasteiger partial charge >= 0.3 is 0 Å². The maximum atomic E-state index is 5.07. The fourth-order valence-corrected chi connectivity index (χ4v) is 5.96. The van der Waals surface area contributed by atoms with Gasteiger partial charge < -0.3 is 4.57 Å². The van der Waals surface area contributed by atoms with Crippen LogP contribution in [0.3, 0.4) is 0 Å². The van der Waals surface area contributed by atoms with Crippen LogP contribution in [0, 0.1) is 0 Å². The zero-order chi connectivity index (χ0) is 27.8. The molecule has 0 radical (unpaired) electrons. The van der Waals surface area contributed by atoms with E-state index in [1.165, 1.54) is 37.9 Å². The van der Waals surface area contributed by atoms with Crippen LogP contribution in [-0.4, -0.2) is 9.55 Å². The molecule has 1 aliphatic rings. The summed E-state index contributed by atoms with van der Waals surface area (Å²) in [5.74, 6) is 0.974. The molecule has 6 aromatic rings. The summed E-state index contributed by atoms with van der Waals surface area (Å²) in [4.78, 5) is 5.07. The zero-order valence-electron chi connectivity index (χ0n) is 23.1. The van der Waals surface area contributed by atoms with E-state index >= 15 is 0 Å². The molecule has 0 atom stereocenters. The van der Waals surface area contributed by atoms with Crippen molar-refractivity contribution >= 4 is 33.0 Å². The highest BCUT2D eigenvalue weighted by molar-refractivity contribution is 5.90. The average Bonchev–Trinajstić information content (AvgIpc) is 3.35. The number of hydrogen-bond donors (Lipinski definition) is 0. The third kappa shape index (κ3) is 4.54. The van der Waals surface area contributed by atoms with Gasteiger partial charge in [-0.1, -0.05) is 128 Å². The monoisotopic (exact) mass is 526 g/mol. The zero-order valence-corrected chi connectivity index (χ0v) is 23.1. The molecule has 5 aromatic carbocycles. The van der Waals surface area contributed by atoms with Gasteiger partial charge in [0.15, 0.2) is 0 Å². The van der Waals surface area contributed by atoms with Crippen LogP contribution in [0.1, 0.15) is 17.5 Å². The normalized spacial score (nSPS) is 17.8. The lowest BCUT2D eigenvalue weighted by Crippen LogP contribution is -2.30. The number of fused-ring (bicyclic) bond motifs is 3. The quantitative estimate of drug-likeness (QED) is 0.229. The molecule has 2 heteroatoms. The summed E-state index contributed by atoms with van der Waals surface area (Å²) >= 11 is 0. The Kier molecular flexibility index (Phi) is 6.29. The van der Waals surface area contributed by atoms with Crippen molar-refractivity contribution in [2.75, 3.05) is 0 Å². The second-order valence-electron chi connectivity index (χ2n) is 10.5. The molecule has 41 heavy (non-hydrogen) atoms. The summed E-state index contributed by atoms with van der Waals surface area (Å²) in [6.07, 6.45) is 9.39.